The molecule has 2 aromatic heterocycles. The van der Waals surface area contributed by atoms with Gasteiger partial charge in [0.05, 0.1) is 28.5 Å². The number of fused-ring (bicyclic) bond motifs is 1. The quantitative estimate of drug-likeness (QED) is 0.600. The van der Waals surface area contributed by atoms with Crippen molar-refractivity contribution in [2.45, 2.75) is 17.9 Å². The van der Waals surface area contributed by atoms with E-state index in [4.69, 9.17) is 11.6 Å². The Morgan fingerprint density at radius 1 is 1.13 bits per heavy atom. The van der Waals surface area contributed by atoms with E-state index < -0.39 is 10.0 Å². The number of rotatable bonds is 4. The van der Waals surface area contributed by atoms with Gasteiger partial charge < -0.3 is 4.90 Å². The van der Waals surface area contributed by atoms with E-state index in [0.29, 0.717) is 35.8 Å². The topological polar surface area (TPSA) is 88.4 Å². The Kier molecular flexibility index (Phi) is 4.84. The molecule has 4 heterocycles. The molecule has 1 aromatic carbocycles. The van der Waals surface area contributed by atoms with Gasteiger partial charge in [0.25, 0.3) is 5.91 Å². The third-order valence-electron chi connectivity index (χ3n) is 6.02. The molecule has 0 radical (unpaired) electrons. The summed E-state index contributed by atoms with van der Waals surface area (Å²) in [6.45, 7) is 3.00. The highest BCUT2D eigenvalue weighted by molar-refractivity contribution is 7.89. The molecule has 0 N–H and O–H groups in total. The summed E-state index contributed by atoms with van der Waals surface area (Å²) >= 11 is 6.13. The number of hydrogen-bond acceptors (Lipinski definition) is 5. The maximum absolute atomic E-state index is 13.2. The minimum absolute atomic E-state index is 0.131. The summed E-state index contributed by atoms with van der Waals surface area (Å²) in [4.78, 5) is 19.0. The third-order valence-corrected chi connectivity index (χ3v) is 8.47. The number of pyridine rings is 1. The van der Waals surface area contributed by atoms with E-state index in [1.807, 2.05) is 6.07 Å². The molecule has 0 bridgehead atoms. The standard InChI is InChI=1S/C21H20ClN5O3S/c1-14-18(22)5-2-6-20(14)31(29,30)27-12-16-10-25(13-19(16)27)21(28)15-8-24-26(11-15)17-4-3-7-23-9-17/h2-9,11,16,19H,10,12-13H2,1H3/t16-,19+/m0/s1. The molecule has 1 amide bonds. The van der Waals surface area contributed by atoms with Gasteiger partial charge >= 0.3 is 0 Å². The van der Waals surface area contributed by atoms with Crippen molar-refractivity contribution in [3.8, 4) is 5.69 Å². The predicted molar refractivity (Wildman–Crippen MR) is 115 cm³/mol. The Labute approximate surface area is 185 Å². The number of halogens is 1. The smallest absolute Gasteiger partial charge is 0.257 e. The van der Waals surface area contributed by atoms with Crippen LogP contribution in [0.3, 0.4) is 0 Å². The molecule has 0 spiro atoms. The van der Waals surface area contributed by atoms with Gasteiger partial charge in [0.15, 0.2) is 0 Å². The molecule has 0 saturated carbocycles. The highest BCUT2D eigenvalue weighted by Crippen LogP contribution is 2.38. The fourth-order valence-corrected chi connectivity index (χ4v) is 6.48. The minimum Gasteiger partial charge on any atom is -0.337 e. The molecule has 3 aromatic rings. The number of sulfonamides is 1. The molecular weight excluding hydrogens is 438 g/mol. The summed E-state index contributed by atoms with van der Waals surface area (Å²) in [6.07, 6.45) is 6.53. The van der Waals surface area contributed by atoms with Crippen molar-refractivity contribution in [3.63, 3.8) is 0 Å². The molecule has 160 valence electrons. The van der Waals surface area contributed by atoms with Crippen molar-refractivity contribution < 1.29 is 13.2 Å². The van der Waals surface area contributed by atoms with Gasteiger partial charge in [-0.05, 0) is 36.8 Å². The first-order chi connectivity index (χ1) is 14.9. The van der Waals surface area contributed by atoms with Gasteiger partial charge in [0.1, 0.15) is 0 Å². The second-order valence-electron chi connectivity index (χ2n) is 7.86. The minimum atomic E-state index is -3.67. The van der Waals surface area contributed by atoms with Crippen LogP contribution >= 0.6 is 11.6 Å². The summed E-state index contributed by atoms with van der Waals surface area (Å²) in [6, 6.07) is 8.33. The van der Waals surface area contributed by atoms with Crippen molar-refractivity contribution >= 4 is 27.5 Å². The van der Waals surface area contributed by atoms with Crippen molar-refractivity contribution in [2.75, 3.05) is 19.6 Å². The van der Waals surface area contributed by atoms with Crippen LogP contribution in [-0.4, -0.2) is 64.0 Å². The van der Waals surface area contributed by atoms with E-state index in [2.05, 4.69) is 10.1 Å². The lowest BCUT2D eigenvalue weighted by atomic mass is 9.96. The number of carbonyl (C=O) groups is 1. The van der Waals surface area contributed by atoms with Gasteiger partial charge in [0, 0.05) is 49.0 Å². The van der Waals surface area contributed by atoms with Gasteiger partial charge in [-0.2, -0.15) is 9.40 Å². The number of likely N-dealkylation sites (tertiary alicyclic amines) is 1. The average Bonchev–Trinajstić information content (AvgIpc) is 3.36. The molecule has 10 heteroatoms. The summed E-state index contributed by atoms with van der Waals surface area (Å²) < 4.78 is 29.5. The van der Waals surface area contributed by atoms with Crippen LogP contribution in [0.1, 0.15) is 15.9 Å². The lowest BCUT2D eigenvalue weighted by molar-refractivity contribution is 0.0788. The highest BCUT2D eigenvalue weighted by atomic mass is 35.5. The molecule has 2 atom stereocenters. The summed E-state index contributed by atoms with van der Waals surface area (Å²) in [5.41, 5.74) is 1.77. The molecule has 2 fully saturated rings. The Balaban J connectivity index is 1.32. The van der Waals surface area contributed by atoms with Gasteiger partial charge in [0.2, 0.25) is 10.0 Å². The SMILES string of the molecule is Cc1c(Cl)cccc1S(=O)(=O)N1C[C@@H]2CN(C(=O)c3cnn(-c4cccnc4)c3)C[C@H]21. The van der Waals surface area contributed by atoms with Crippen LogP contribution in [0, 0.1) is 12.8 Å². The first-order valence-corrected chi connectivity index (χ1v) is 11.7. The van der Waals surface area contributed by atoms with Crippen LogP contribution in [0.15, 0.2) is 60.0 Å². The first-order valence-electron chi connectivity index (χ1n) is 9.87. The Bertz CT molecular complexity index is 1260. The number of aromatic nitrogens is 3. The zero-order valence-electron chi connectivity index (χ0n) is 16.7. The molecule has 0 aliphatic carbocycles. The van der Waals surface area contributed by atoms with E-state index in [1.54, 1.807) is 59.4 Å². The van der Waals surface area contributed by atoms with Crippen LogP contribution in [0.4, 0.5) is 0 Å². The maximum atomic E-state index is 13.2. The lowest BCUT2D eigenvalue weighted by Gasteiger charge is -2.42. The monoisotopic (exact) mass is 457 g/mol. The molecule has 31 heavy (non-hydrogen) atoms. The fraction of sp³-hybridized carbons (Fsp3) is 0.286. The Morgan fingerprint density at radius 2 is 1.97 bits per heavy atom. The third kappa shape index (κ3) is 3.33. The van der Waals surface area contributed by atoms with Crippen LogP contribution in [0.5, 0.6) is 0 Å². The molecule has 2 aliphatic heterocycles. The molecule has 8 nitrogen and oxygen atoms in total. The zero-order chi connectivity index (χ0) is 21.8. The largest absolute Gasteiger partial charge is 0.337 e. The fourth-order valence-electron chi connectivity index (χ4n) is 4.27. The van der Waals surface area contributed by atoms with Crippen LogP contribution < -0.4 is 0 Å². The van der Waals surface area contributed by atoms with E-state index in [0.717, 1.165) is 5.69 Å². The first kappa shape index (κ1) is 20.2. The second kappa shape index (κ2) is 7.44. The van der Waals surface area contributed by atoms with Crippen molar-refractivity contribution in [3.05, 3.63) is 71.3 Å². The highest BCUT2D eigenvalue weighted by Gasteiger charge is 2.52. The van der Waals surface area contributed by atoms with Gasteiger partial charge in [-0.15, -0.1) is 0 Å². The Morgan fingerprint density at radius 3 is 2.74 bits per heavy atom. The summed E-state index contributed by atoms with van der Waals surface area (Å²) in [7, 11) is -3.67. The zero-order valence-corrected chi connectivity index (χ0v) is 18.3. The van der Waals surface area contributed by atoms with Crippen molar-refractivity contribution in [2.24, 2.45) is 5.92 Å². The summed E-state index contributed by atoms with van der Waals surface area (Å²) in [5, 5.41) is 4.68. The van der Waals surface area contributed by atoms with E-state index in [9.17, 15) is 13.2 Å². The number of carbonyl (C=O) groups excluding carboxylic acids is 1. The number of benzene rings is 1. The van der Waals surface area contributed by atoms with Gasteiger partial charge in [-0.25, -0.2) is 13.1 Å². The molecule has 2 aliphatic rings. The van der Waals surface area contributed by atoms with E-state index in [1.165, 1.54) is 10.5 Å². The van der Waals surface area contributed by atoms with Gasteiger partial charge in [-0.3, -0.25) is 9.78 Å². The molecule has 0 unspecified atom stereocenters. The predicted octanol–water partition coefficient (Wildman–Crippen LogP) is 2.37. The van der Waals surface area contributed by atoms with E-state index in [-0.39, 0.29) is 22.8 Å². The van der Waals surface area contributed by atoms with Gasteiger partial charge in [-0.1, -0.05) is 17.7 Å². The van der Waals surface area contributed by atoms with Crippen LogP contribution in [-0.2, 0) is 10.0 Å². The summed E-state index contributed by atoms with van der Waals surface area (Å²) in [5.74, 6) is -0.0209. The molecule has 2 saturated heterocycles. The molecular formula is C21H20ClN5O3S. The number of nitrogens with zero attached hydrogens (tertiary/aromatic N) is 5. The Hall–Kier alpha value is -2.75. The van der Waals surface area contributed by atoms with E-state index >= 15 is 0 Å². The van der Waals surface area contributed by atoms with Crippen LogP contribution in [0.2, 0.25) is 5.02 Å². The maximum Gasteiger partial charge on any atom is 0.257 e. The van der Waals surface area contributed by atoms with Crippen LogP contribution in [0.25, 0.3) is 5.69 Å². The lowest BCUT2D eigenvalue weighted by Crippen LogP contribution is -2.57. The molecule has 5 rings (SSSR count). The number of hydrogen-bond donors (Lipinski definition) is 0. The number of amides is 1. The van der Waals surface area contributed by atoms with Crippen molar-refractivity contribution in [1.82, 2.24) is 24.0 Å². The normalized spacial score (nSPS) is 21.0. The second-order valence-corrected chi connectivity index (χ2v) is 10.1. The van der Waals surface area contributed by atoms with Crippen molar-refractivity contribution in [1.29, 1.82) is 0 Å². The average molecular weight is 458 g/mol.